The number of imide groups is 1. The molecule has 2 aromatic rings. The van der Waals surface area contributed by atoms with Crippen LogP contribution in [0.2, 0.25) is 0 Å². The molecular weight excluding hydrogens is 345 g/mol. The van der Waals surface area contributed by atoms with Crippen LogP contribution in [-0.4, -0.2) is 23.1 Å². The Bertz CT molecular complexity index is 875. The molecule has 2 amide bonds. The van der Waals surface area contributed by atoms with Crippen molar-refractivity contribution in [3.8, 4) is 5.75 Å². The summed E-state index contributed by atoms with van der Waals surface area (Å²) in [5, 5.41) is 11.2. The Morgan fingerprint density at radius 1 is 1.00 bits per heavy atom. The SMILES string of the molecule is O=C1c2ccccc2C(=O)N1c1ccc(OC(F)(F)F)cc1[N+](=O)[O-]. The van der Waals surface area contributed by atoms with Crippen LogP contribution in [0.4, 0.5) is 24.5 Å². The third kappa shape index (κ3) is 2.89. The number of benzene rings is 2. The lowest BCUT2D eigenvalue weighted by molar-refractivity contribution is -0.384. The number of carbonyl (C=O) groups is 2. The Morgan fingerprint density at radius 2 is 1.56 bits per heavy atom. The summed E-state index contributed by atoms with van der Waals surface area (Å²) in [4.78, 5) is 35.5. The molecule has 0 N–H and O–H groups in total. The fraction of sp³-hybridized carbons (Fsp3) is 0.0667. The number of nitro benzene ring substituents is 1. The average Bonchev–Trinajstić information content (AvgIpc) is 2.78. The first kappa shape index (κ1) is 16.4. The molecule has 1 aliphatic heterocycles. The van der Waals surface area contributed by atoms with Gasteiger partial charge in [-0.15, -0.1) is 13.2 Å². The first-order valence-electron chi connectivity index (χ1n) is 6.71. The van der Waals surface area contributed by atoms with Crippen molar-refractivity contribution in [1.29, 1.82) is 0 Å². The largest absolute Gasteiger partial charge is 0.573 e. The van der Waals surface area contributed by atoms with Crippen molar-refractivity contribution in [2.45, 2.75) is 6.36 Å². The highest BCUT2D eigenvalue weighted by Crippen LogP contribution is 2.38. The predicted molar refractivity (Wildman–Crippen MR) is 77.4 cm³/mol. The lowest BCUT2D eigenvalue weighted by Crippen LogP contribution is -2.30. The molecule has 2 aromatic carbocycles. The van der Waals surface area contributed by atoms with E-state index in [1.165, 1.54) is 24.3 Å². The zero-order valence-corrected chi connectivity index (χ0v) is 12.1. The number of ether oxygens (including phenoxy) is 1. The molecule has 0 fully saturated rings. The van der Waals surface area contributed by atoms with Crippen molar-refractivity contribution in [2.24, 2.45) is 0 Å². The summed E-state index contributed by atoms with van der Waals surface area (Å²) in [6.07, 6.45) is -5.04. The first-order chi connectivity index (χ1) is 11.7. The molecule has 0 saturated heterocycles. The molecule has 0 unspecified atom stereocenters. The van der Waals surface area contributed by atoms with E-state index < -0.39 is 40.2 Å². The number of nitrogens with zero attached hydrogens (tertiary/aromatic N) is 2. The van der Waals surface area contributed by atoms with E-state index in [-0.39, 0.29) is 11.1 Å². The fourth-order valence-electron chi connectivity index (χ4n) is 2.44. The van der Waals surface area contributed by atoms with Crippen molar-refractivity contribution in [2.75, 3.05) is 4.90 Å². The van der Waals surface area contributed by atoms with Crippen molar-refractivity contribution < 1.29 is 32.4 Å². The predicted octanol–water partition coefficient (Wildman–Crippen LogP) is 3.29. The molecule has 0 saturated carbocycles. The Labute approximate surface area is 137 Å². The summed E-state index contributed by atoms with van der Waals surface area (Å²) < 4.78 is 40.4. The molecule has 10 heteroatoms. The molecule has 0 spiro atoms. The average molecular weight is 352 g/mol. The Kier molecular flexibility index (Phi) is 3.67. The van der Waals surface area contributed by atoms with Gasteiger partial charge in [-0.25, -0.2) is 4.90 Å². The number of hydrogen-bond acceptors (Lipinski definition) is 5. The van der Waals surface area contributed by atoms with Gasteiger partial charge in [0, 0.05) is 0 Å². The Balaban J connectivity index is 2.08. The van der Waals surface area contributed by atoms with Crippen LogP contribution < -0.4 is 9.64 Å². The molecule has 1 aliphatic rings. The number of rotatable bonds is 3. The minimum atomic E-state index is -5.04. The minimum Gasteiger partial charge on any atom is -0.406 e. The van der Waals surface area contributed by atoms with Gasteiger partial charge >= 0.3 is 6.36 Å². The number of hydrogen-bond donors (Lipinski definition) is 0. The summed E-state index contributed by atoms with van der Waals surface area (Å²) >= 11 is 0. The van der Waals surface area contributed by atoms with Crippen LogP contribution in [0.1, 0.15) is 20.7 Å². The smallest absolute Gasteiger partial charge is 0.406 e. The van der Waals surface area contributed by atoms with Crippen molar-refractivity contribution >= 4 is 23.2 Å². The van der Waals surface area contributed by atoms with Crippen LogP contribution in [0.25, 0.3) is 0 Å². The maximum Gasteiger partial charge on any atom is 0.573 e. The van der Waals surface area contributed by atoms with Gasteiger partial charge in [-0.1, -0.05) is 12.1 Å². The Hall–Kier alpha value is -3.43. The second-order valence-electron chi connectivity index (χ2n) is 4.95. The van der Waals surface area contributed by atoms with Gasteiger partial charge in [0.25, 0.3) is 17.5 Å². The summed E-state index contributed by atoms with van der Waals surface area (Å²) in [6, 6.07) is 7.95. The van der Waals surface area contributed by atoms with E-state index >= 15 is 0 Å². The second kappa shape index (κ2) is 5.58. The van der Waals surface area contributed by atoms with Crippen LogP contribution in [-0.2, 0) is 0 Å². The zero-order chi connectivity index (χ0) is 18.4. The molecular formula is C15H7F3N2O5. The van der Waals surface area contributed by atoms with E-state index in [9.17, 15) is 32.9 Å². The number of halogens is 3. The third-order valence-corrected chi connectivity index (χ3v) is 3.41. The second-order valence-corrected chi connectivity index (χ2v) is 4.95. The Morgan fingerprint density at radius 3 is 2.04 bits per heavy atom. The van der Waals surface area contributed by atoms with E-state index in [2.05, 4.69) is 4.74 Å². The molecule has 0 bridgehead atoms. The van der Waals surface area contributed by atoms with Gasteiger partial charge in [-0.05, 0) is 24.3 Å². The van der Waals surface area contributed by atoms with Gasteiger partial charge in [-0.2, -0.15) is 0 Å². The molecule has 1 heterocycles. The molecule has 3 rings (SSSR count). The van der Waals surface area contributed by atoms with Crippen LogP contribution in [0.15, 0.2) is 42.5 Å². The highest BCUT2D eigenvalue weighted by Gasteiger charge is 2.40. The van der Waals surface area contributed by atoms with Gasteiger partial charge in [-0.3, -0.25) is 19.7 Å². The number of nitro groups is 1. The van der Waals surface area contributed by atoms with Crippen LogP contribution in [0.3, 0.4) is 0 Å². The van der Waals surface area contributed by atoms with Crippen molar-refractivity contribution in [1.82, 2.24) is 0 Å². The van der Waals surface area contributed by atoms with E-state index in [1.807, 2.05) is 0 Å². The molecule has 0 atom stereocenters. The van der Waals surface area contributed by atoms with Gasteiger partial charge in [0.05, 0.1) is 22.1 Å². The number of anilines is 1. The van der Waals surface area contributed by atoms with Gasteiger partial charge in [0.15, 0.2) is 0 Å². The monoisotopic (exact) mass is 352 g/mol. The van der Waals surface area contributed by atoms with Crippen molar-refractivity contribution in [3.63, 3.8) is 0 Å². The molecule has 25 heavy (non-hydrogen) atoms. The highest BCUT2D eigenvalue weighted by atomic mass is 19.4. The zero-order valence-electron chi connectivity index (χ0n) is 12.1. The summed E-state index contributed by atoms with van der Waals surface area (Å²) in [7, 11) is 0. The number of alkyl halides is 3. The van der Waals surface area contributed by atoms with E-state index in [1.54, 1.807) is 0 Å². The third-order valence-electron chi connectivity index (χ3n) is 3.41. The highest BCUT2D eigenvalue weighted by molar-refractivity contribution is 6.35. The number of carbonyl (C=O) groups excluding carboxylic acids is 2. The molecule has 0 aromatic heterocycles. The summed E-state index contributed by atoms with van der Waals surface area (Å²) in [5.74, 6) is -2.43. The fourth-order valence-corrected chi connectivity index (χ4v) is 2.44. The lowest BCUT2D eigenvalue weighted by atomic mass is 10.1. The van der Waals surface area contributed by atoms with Crippen LogP contribution in [0, 0.1) is 10.1 Å². The summed E-state index contributed by atoms with van der Waals surface area (Å²) in [5.41, 5.74) is -1.20. The summed E-state index contributed by atoms with van der Waals surface area (Å²) in [6.45, 7) is 0. The maximum atomic E-state index is 12.4. The minimum absolute atomic E-state index is 0.0532. The molecule has 7 nitrogen and oxygen atoms in total. The molecule has 0 radical (unpaired) electrons. The van der Waals surface area contributed by atoms with Gasteiger partial charge in [0.2, 0.25) is 0 Å². The van der Waals surface area contributed by atoms with E-state index in [4.69, 9.17) is 0 Å². The molecule has 0 aliphatic carbocycles. The lowest BCUT2D eigenvalue weighted by Gasteiger charge is -2.15. The van der Waals surface area contributed by atoms with Gasteiger partial charge in [0.1, 0.15) is 11.4 Å². The van der Waals surface area contributed by atoms with Crippen molar-refractivity contribution in [3.05, 3.63) is 63.7 Å². The number of fused-ring (bicyclic) bond motifs is 1. The number of amides is 2. The normalized spacial score (nSPS) is 13.8. The van der Waals surface area contributed by atoms with E-state index in [0.717, 1.165) is 12.1 Å². The quantitative estimate of drug-likeness (QED) is 0.480. The topological polar surface area (TPSA) is 89.8 Å². The van der Waals surface area contributed by atoms with Gasteiger partial charge < -0.3 is 4.74 Å². The first-order valence-corrected chi connectivity index (χ1v) is 6.71. The molecule has 128 valence electrons. The standard InChI is InChI=1S/C15H7F3N2O5/c16-15(17,18)25-8-5-6-11(12(7-8)20(23)24)19-13(21)9-3-1-2-4-10(9)14(19)22/h1-7H. The van der Waals surface area contributed by atoms with Crippen LogP contribution in [0.5, 0.6) is 5.75 Å². The maximum absolute atomic E-state index is 12.4. The van der Waals surface area contributed by atoms with E-state index in [0.29, 0.717) is 11.0 Å². The van der Waals surface area contributed by atoms with Crippen LogP contribution >= 0.6 is 0 Å².